The Labute approximate surface area is 254 Å². The Hall–Kier alpha value is -5.07. The maximum absolute atomic E-state index is 13.5. The van der Waals surface area contributed by atoms with Crippen molar-refractivity contribution < 1.29 is 34.0 Å². The normalized spacial score (nSPS) is 17.1. The Kier molecular flexibility index (Phi) is 12.1. The predicted molar refractivity (Wildman–Crippen MR) is 161 cm³/mol. The highest BCUT2D eigenvalue weighted by Gasteiger charge is 2.31. The van der Waals surface area contributed by atoms with Gasteiger partial charge in [-0.25, -0.2) is 0 Å². The first-order chi connectivity index (χ1) is 20.9. The van der Waals surface area contributed by atoms with Crippen molar-refractivity contribution in [3.63, 3.8) is 0 Å². The lowest BCUT2D eigenvalue weighted by molar-refractivity contribution is -0.384. The molecule has 0 aromatic heterocycles. The number of nitro groups is 1. The zero-order valence-electron chi connectivity index (χ0n) is 24.6. The van der Waals surface area contributed by atoms with Gasteiger partial charge in [-0.15, -0.1) is 0 Å². The molecule has 4 atom stereocenters. The van der Waals surface area contributed by atoms with E-state index in [2.05, 4.69) is 21.3 Å². The lowest BCUT2D eigenvalue weighted by Gasteiger charge is -2.22. The summed E-state index contributed by atoms with van der Waals surface area (Å²) in [6, 6.07) is 12.3. The Morgan fingerprint density at radius 3 is 2.27 bits per heavy atom. The summed E-state index contributed by atoms with van der Waals surface area (Å²) in [7, 11) is 0. The monoisotopic (exact) mass is 607 g/mol. The molecule has 0 radical (unpaired) electrons. The number of hydrogen-bond donors (Lipinski definition) is 5. The number of aliphatic carboxylic acids is 1. The molecule has 0 aliphatic heterocycles. The molecule has 2 aromatic carbocycles. The molecule has 5 N–H and O–H groups in total. The Morgan fingerprint density at radius 2 is 1.64 bits per heavy atom. The van der Waals surface area contributed by atoms with Gasteiger partial charge in [0.1, 0.15) is 12.1 Å². The van der Waals surface area contributed by atoms with Crippen molar-refractivity contribution in [1.82, 2.24) is 16.0 Å². The smallest absolute Gasteiger partial charge is 0.303 e. The van der Waals surface area contributed by atoms with Crippen molar-refractivity contribution in [1.29, 1.82) is 0 Å². The summed E-state index contributed by atoms with van der Waals surface area (Å²) in [5, 5.41) is 30.5. The summed E-state index contributed by atoms with van der Waals surface area (Å²) in [6.07, 6.45) is 3.40. The highest BCUT2D eigenvalue weighted by atomic mass is 16.6. The third kappa shape index (κ3) is 10.3. The van der Waals surface area contributed by atoms with Gasteiger partial charge >= 0.3 is 5.97 Å². The maximum Gasteiger partial charge on any atom is 0.303 e. The van der Waals surface area contributed by atoms with E-state index in [4.69, 9.17) is 5.11 Å². The molecular formula is C31H37N5O8. The lowest BCUT2D eigenvalue weighted by atomic mass is 9.98. The zero-order chi connectivity index (χ0) is 32.2. The van der Waals surface area contributed by atoms with Crippen molar-refractivity contribution >= 4 is 41.0 Å². The number of nitrogens with zero attached hydrogens (tertiary/aromatic N) is 1. The Bertz CT molecular complexity index is 1390. The van der Waals surface area contributed by atoms with Crippen LogP contribution in [0.25, 0.3) is 0 Å². The van der Waals surface area contributed by atoms with E-state index < -0.39 is 52.7 Å². The second kappa shape index (κ2) is 16.0. The van der Waals surface area contributed by atoms with Crippen LogP contribution in [0, 0.1) is 16.0 Å². The molecule has 234 valence electrons. The fourth-order valence-electron chi connectivity index (χ4n) is 4.91. The topological polar surface area (TPSA) is 197 Å². The number of nitrogens with one attached hydrogen (secondary N) is 4. The minimum Gasteiger partial charge on any atom is -0.481 e. The number of anilines is 1. The first-order valence-electron chi connectivity index (χ1n) is 14.3. The van der Waals surface area contributed by atoms with Gasteiger partial charge in [0.05, 0.1) is 17.3 Å². The van der Waals surface area contributed by atoms with Crippen LogP contribution in [0.5, 0.6) is 0 Å². The third-order valence-electron chi connectivity index (χ3n) is 7.15. The quantitative estimate of drug-likeness (QED) is 0.123. The fraction of sp³-hybridized carbons (Fsp3) is 0.387. The summed E-state index contributed by atoms with van der Waals surface area (Å²) in [6.45, 7) is 3.24. The third-order valence-corrected chi connectivity index (χ3v) is 7.15. The molecule has 0 heterocycles. The van der Waals surface area contributed by atoms with Crippen molar-refractivity contribution in [3.8, 4) is 0 Å². The molecule has 13 heteroatoms. The molecule has 0 saturated heterocycles. The number of nitro benzene ring substituents is 1. The number of rotatable bonds is 14. The van der Waals surface area contributed by atoms with Crippen molar-refractivity contribution in [2.24, 2.45) is 5.92 Å². The number of benzene rings is 2. The van der Waals surface area contributed by atoms with E-state index >= 15 is 0 Å². The van der Waals surface area contributed by atoms with E-state index in [0.717, 1.165) is 17.6 Å². The summed E-state index contributed by atoms with van der Waals surface area (Å²) in [5.74, 6) is -3.41. The maximum atomic E-state index is 13.5. The van der Waals surface area contributed by atoms with Crippen LogP contribution in [0.3, 0.4) is 0 Å². The molecule has 0 bridgehead atoms. The second-order valence-electron chi connectivity index (χ2n) is 10.7. The number of non-ortho nitro benzene ring substituents is 1. The van der Waals surface area contributed by atoms with Gasteiger partial charge in [0.15, 0.2) is 0 Å². The highest BCUT2D eigenvalue weighted by Crippen LogP contribution is 2.32. The van der Waals surface area contributed by atoms with Gasteiger partial charge in [-0.05, 0) is 50.8 Å². The SMILES string of the molecule is C[C@H](NC(=O)CCC(=O)O)C(=O)N[C@@H](C)/C=C1/CCC[C@H]1C(=O)N[C@@H](Cc1ccccc1)C(=O)Nc1ccc([N+](=O)[O-])cc1. The summed E-state index contributed by atoms with van der Waals surface area (Å²) in [5.41, 5.74) is 1.89. The minimum atomic E-state index is -1.11. The molecule has 44 heavy (non-hydrogen) atoms. The van der Waals surface area contributed by atoms with Gasteiger partial charge in [0.25, 0.3) is 5.69 Å². The highest BCUT2D eigenvalue weighted by molar-refractivity contribution is 5.98. The summed E-state index contributed by atoms with van der Waals surface area (Å²) < 4.78 is 0. The van der Waals surface area contributed by atoms with Crippen LogP contribution < -0.4 is 21.3 Å². The molecule has 2 aromatic rings. The number of carbonyl (C=O) groups excluding carboxylic acids is 4. The minimum absolute atomic E-state index is 0.113. The first-order valence-corrected chi connectivity index (χ1v) is 14.3. The average Bonchev–Trinajstić information content (AvgIpc) is 3.44. The molecule has 4 amide bonds. The Morgan fingerprint density at radius 1 is 0.955 bits per heavy atom. The lowest BCUT2D eigenvalue weighted by Crippen LogP contribution is -2.48. The Balaban J connectivity index is 1.66. The number of carboxylic acids is 1. The van der Waals surface area contributed by atoms with E-state index in [-0.39, 0.29) is 30.9 Å². The van der Waals surface area contributed by atoms with E-state index in [9.17, 15) is 34.1 Å². The largest absolute Gasteiger partial charge is 0.481 e. The van der Waals surface area contributed by atoms with Crippen LogP contribution in [-0.2, 0) is 30.4 Å². The van der Waals surface area contributed by atoms with Crippen LogP contribution in [-0.4, -0.2) is 57.8 Å². The van der Waals surface area contributed by atoms with Crippen molar-refractivity contribution in [2.75, 3.05) is 5.32 Å². The van der Waals surface area contributed by atoms with Crippen LogP contribution in [0.4, 0.5) is 11.4 Å². The van der Waals surface area contributed by atoms with Crippen LogP contribution >= 0.6 is 0 Å². The molecule has 1 saturated carbocycles. The van der Waals surface area contributed by atoms with Crippen LogP contribution in [0.2, 0.25) is 0 Å². The molecular weight excluding hydrogens is 570 g/mol. The van der Waals surface area contributed by atoms with Crippen LogP contribution in [0.15, 0.2) is 66.2 Å². The summed E-state index contributed by atoms with van der Waals surface area (Å²) in [4.78, 5) is 72.3. The van der Waals surface area contributed by atoms with Crippen LogP contribution in [0.1, 0.15) is 51.5 Å². The molecule has 1 aliphatic rings. The molecule has 0 spiro atoms. The van der Waals surface area contributed by atoms with Gasteiger partial charge in [0.2, 0.25) is 23.6 Å². The van der Waals surface area contributed by atoms with E-state index in [1.54, 1.807) is 13.0 Å². The summed E-state index contributed by atoms with van der Waals surface area (Å²) >= 11 is 0. The van der Waals surface area contributed by atoms with Crippen molar-refractivity contribution in [3.05, 3.63) is 81.9 Å². The molecule has 1 aliphatic carbocycles. The van der Waals surface area contributed by atoms with E-state index in [1.807, 2.05) is 30.3 Å². The van der Waals surface area contributed by atoms with E-state index in [1.165, 1.54) is 31.2 Å². The predicted octanol–water partition coefficient (Wildman–Crippen LogP) is 2.86. The molecule has 13 nitrogen and oxygen atoms in total. The van der Waals surface area contributed by atoms with Gasteiger partial charge in [-0.3, -0.25) is 34.1 Å². The standard InChI is InChI=1S/C31H37N5O8/c1-19(32-29(40)20(2)33-27(37)15-16-28(38)39)17-22-9-6-10-25(22)30(41)35-26(18-21-7-4-3-5-8-21)31(42)34-23-11-13-24(14-12-23)36(43)44/h3-5,7-8,11-14,17,19-20,25-26H,6,9-10,15-16,18H2,1-2H3,(H,32,40)(H,33,37)(H,34,42)(H,35,41)(H,38,39)/b22-17-/t19-,20-,25+,26-/m0/s1. The van der Waals surface area contributed by atoms with Crippen molar-refractivity contribution in [2.45, 2.75) is 70.5 Å². The molecule has 1 fully saturated rings. The number of amides is 4. The second-order valence-corrected chi connectivity index (χ2v) is 10.7. The first kappa shape index (κ1) is 33.4. The fourth-order valence-corrected chi connectivity index (χ4v) is 4.91. The number of carboxylic acid groups (broad SMARTS) is 1. The molecule has 3 rings (SSSR count). The van der Waals surface area contributed by atoms with Gasteiger partial charge in [-0.2, -0.15) is 0 Å². The zero-order valence-corrected chi connectivity index (χ0v) is 24.6. The van der Waals surface area contributed by atoms with Gasteiger partial charge in [0, 0.05) is 36.7 Å². The van der Waals surface area contributed by atoms with E-state index in [0.29, 0.717) is 18.5 Å². The molecule has 0 unspecified atom stereocenters. The average molecular weight is 608 g/mol. The number of carbonyl (C=O) groups is 5. The number of hydrogen-bond acceptors (Lipinski definition) is 7. The van der Waals surface area contributed by atoms with Gasteiger partial charge in [-0.1, -0.05) is 42.0 Å². The van der Waals surface area contributed by atoms with Gasteiger partial charge < -0.3 is 26.4 Å².